The molecular formula is C15H15N3O2S2. The molecule has 0 saturated heterocycles. The molecule has 1 N–H and O–H groups in total. The average molecular weight is 333 g/mol. The Kier molecular flexibility index (Phi) is 4.35. The number of carbonyl (C=O) groups is 1. The van der Waals surface area contributed by atoms with Crippen LogP contribution in [-0.2, 0) is 17.8 Å². The van der Waals surface area contributed by atoms with E-state index in [1.807, 2.05) is 36.1 Å². The molecule has 5 nitrogen and oxygen atoms in total. The standard InChI is InChI=1S/C15H15N3O2S2/c1-9-13(18-15(20-9)11-3-4-21-7-11)5-14(19)16-6-12-8-22-10(2)17-12/h3-4,7-8H,5-6H2,1-2H3,(H,16,19). The lowest BCUT2D eigenvalue weighted by Gasteiger charge is -2.01. The Hall–Kier alpha value is -1.99. The number of oxazole rings is 1. The van der Waals surface area contributed by atoms with Crippen molar-refractivity contribution in [2.45, 2.75) is 26.8 Å². The summed E-state index contributed by atoms with van der Waals surface area (Å²) in [4.78, 5) is 20.8. The molecule has 3 heterocycles. The third-order valence-corrected chi connectivity index (χ3v) is 4.63. The molecule has 0 aromatic carbocycles. The van der Waals surface area contributed by atoms with Gasteiger partial charge < -0.3 is 9.73 Å². The fourth-order valence-corrected chi connectivity index (χ4v) is 3.24. The Morgan fingerprint density at radius 1 is 1.32 bits per heavy atom. The predicted octanol–water partition coefficient (Wildman–Crippen LogP) is 3.34. The van der Waals surface area contributed by atoms with Gasteiger partial charge in [0.15, 0.2) is 0 Å². The first kappa shape index (κ1) is 14.9. The van der Waals surface area contributed by atoms with Crippen LogP contribution in [0.2, 0.25) is 0 Å². The van der Waals surface area contributed by atoms with Crippen LogP contribution in [0.25, 0.3) is 11.5 Å². The van der Waals surface area contributed by atoms with Crippen LogP contribution < -0.4 is 5.32 Å². The molecule has 22 heavy (non-hydrogen) atoms. The molecule has 7 heteroatoms. The Bertz CT molecular complexity index is 775. The van der Waals surface area contributed by atoms with Crippen LogP contribution in [0, 0.1) is 13.8 Å². The number of aryl methyl sites for hydroxylation is 2. The van der Waals surface area contributed by atoms with Crippen LogP contribution in [0.15, 0.2) is 26.6 Å². The summed E-state index contributed by atoms with van der Waals surface area (Å²) in [6.45, 7) is 4.22. The minimum Gasteiger partial charge on any atom is -0.441 e. The molecule has 0 aliphatic carbocycles. The highest BCUT2D eigenvalue weighted by Gasteiger charge is 2.15. The van der Waals surface area contributed by atoms with Gasteiger partial charge in [-0.1, -0.05) is 0 Å². The molecule has 0 unspecified atom stereocenters. The van der Waals surface area contributed by atoms with Gasteiger partial charge in [0.2, 0.25) is 11.8 Å². The fourth-order valence-electron chi connectivity index (χ4n) is 1.99. The summed E-state index contributed by atoms with van der Waals surface area (Å²) in [5.41, 5.74) is 2.50. The molecule has 0 aliphatic heterocycles. The summed E-state index contributed by atoms with van der Waals surface area (Å²) in [6.07, 6.45) is 0.211. The first-order valence-corrected chi connectivity index (χ1v) is 8.60. The zero-order valence-corrected chi connectivity index (χ0v) is 13.9. The van der Waals surface area contributed by atoms with Crippen LogP contribution in [0.1, 0.15) is 22.2 Å². The first-order chi connectivity index (χ1) is 10.6. The van der Waals surface area contributed by atoms with E-state index in [0.29, 0.717) is 23.9 Å². The summed E-state index contributed by atoms with van der Waals surface area (Å²) in [7, 11) is 0. The second kappa shape index (κ2) is 6.41. The molecule has 1 amide bonds. The summed E-state index contributed by atoms with van der Waals surface area (Å²) in [5, 5.41) is 9.75. The zero-order valence-electron chi connectivity index (χ0n) is 12.3. The van der Waals surface area contributed by atoms with Crippen molar-refractivity contribution in [2.24, 2.45) is 0 Å². The lowest BCUT2D eigenvalue weighted by atomic mass is 10.2. The number of aromatic nitrogens is 2. The van der Waals surface area contributed by atoms with Gasteiger partial charge in [-0.2, -0.15) is 11.3 Å². The lowest BCUT2D eigenvalue weighted by molar-refractivity contribution is -0.120. The fraction of sp³-hybridized carbons (Fsp3) is 0.267. The maximum Gasteiger partial charge on any atom is 0.227 e. The second-order valence-corrected chi connectivity index (χ2v) is 6.69. The molecule has 0 atom stereocenters. The van der Waals surface area contributed by atoms with Gasteiger partial charge in [-0.05, 0) is 25.3 Å². The molecule has 0 aliphatic rings. The third-order valence-electron chi connectivity index (χ3n) is 3.12. The van der Waals surface area contributed by atoms with Crippen LogP contribution in [0.4, 0.5) is 0 Å². The van der Waals surface area contributed by atoms with E-state index >= 15 is 0 Å². The van der Waals surface area contributed by atoms with Gasteiger partial charge in [-0.15, -0.1) is 11.3 Å². The van der Waals surface area contributed by atoms with Gasteiger partial charge in [0, 0.05) is 16.3 Å². The molecule has 0 radical (unpaired) electrons. The predicted molar refractivity (Wildman–Crippen MR) is 87.0 cm³/mol. The number of carbonyl (C=O) groups excluding carboxylic acids is 1. The highest BCUT2D eigenvalue weighted by molar-refractivity contribution is 7.09. The maximum absolute atomic E-state index is 12.0. The van der Waals surface area contributed by atoms with E-state index in [1.54, 1.807) is 22.7 Å². The molecule has 3 aromatic rings. The molecule has 0 bridgehead atoms. The third kappa shape index (κ3) is 3.42. The lowest BCUT2D eigenvalue weighted by Crippen LogP contribution is -2.25. The van der Waals surface area contributed by atoms with Crippen LogP contribution >= 0.6 is 22.7 Å². The number of thiophene rings is 1. The number of thiazole rings is 1. The van der Waals surface area contributed by atoms with Crippen molar-refractivity contribution in [1.82, 2.24) is 15.3 Å². The van der Waals surface area contributed by atoms with Gasteiger partial charge in [0.1, 0.15) is 5.76 Å². The van der Waals surface area contributed by atoms with E-state index in [4.69, 9.17) is 4.42 Å². The maximum atomic E-state index is 12.0. The van der Waals surface area contributed by atoms with Crippen molar-refractivity contribution >= 4 is 28.6 Å². The zero-order chi connectivity index (χ0) is 15.5. The number of rotatable bonds is 5. The molecule has 114 valence electrons. The van der Waals surface area contributed by atoms with Crippen molar-refractivity contribution in [3.8, 4) is 11.5 Å². The Morgan fingerprint density at radius 2 is 2.18 bits per heavy atom. The van der Waals surface area contributed by atoms with Crippen molar-refractivity contribution < 1.29 is 9.21 Å². The van der Waals surface area contributed by atoms with Crippen molar-refractivity contribution in [3.63, 3.8) is 0 Å². The number of nitrogens with one attached hydrogen (secondary N) is 1. The van der Waals surface area contributed by atoms with Gasteiger partial charge in [-0.25, -0.2) is 9.97 Å². The summed E-state index contributed by atoms with van der Waals surface area (Å²) in [5.74, 6) is 1.16. The Morgan fingerprint density at radius 3 is 2.86 bits per heavy atom. The normalized spacial score (nSPS) is 10.8. The van der Waals surface area contributed by atoms with E-state index in [0.717, 1.165) is 16.3 Å². The molecular weight excluding hydrogens is 318 g/mol. The number of nitrogens with zero attached hydrogens (tertiary/aromatic N) is 2. The minimum atomic E-state index is -0.0843. The minimum absolute atomic E-state index is 0.0843. The number of amides is 1. The van der Waals surface area contributed by atoms with Crippen LogP contribution in [0.3, 0.4) is 0 Å². The van der Waals surface area contributed by atoms with Crippen LogP contribution in [0.5, 0.6) is 0 Å². The molecule has 0 spiro atoms. The van der Waals surface area contributed by atoms with Crippen molar-refractivity contribution in [1.29, 1.82) is 0 Å². The van der Waals surface area contributed by atoms with Crippen LogP contribution in [-0.4, -0.2) is 15.9 Å². The Balaban J connectivity index is 1.61. The molecule has 0 saturated carbocycles. The van der Waals surface area contributed by atoms with E-state index < -0.39 is 0 Å². The summed E-state index contributed by atoms with van der Waals surface area (Å²) < 4.78 is 5.63. The van der Waals surface area contributed by atoms with E-state index in [9.17, 15) is 4.79 Å². The number of hydrogen-bond donors (Lipinski definition) is 1. The SMILES string of the molecule is Cc1nc(CNC(=O)Cc2nc(-c3ccsc3)oc2C)cs1. The summed E-state index contributed by atoms with van der Waals surface area (Å²) in [6, 6.07) is 1.95. The quantitative estimate of drug-likeness (QED) is 0.777. The molecule has 3 aromatic heterocycles. The molecule has 3 rings (SSSR count). The van der Waals surface area contributed by atoms with Crippen molar-refractivity contribution in [3.05, 3.63) is 44.4 Å². The first-order valence-electron chi connectivity index (χ1n) is 6.78. The highest BCUT2D eigenvalue weighted by Crippen LogP contribution is 2.24. The second-order valence-electron chi connectivity index (χ2n) is 4.85. The Labute approximate surface area is 136 Å². The monoisotopic (exact) mass is 333 g/mol. The van der Waals surface area contributed by atoms with Gasteiger partial charge in [-0.3, -0.25) is 4.79 Å². The van der Waals surface area contributed by atoms with E-state index in [2.05, 4.69) is 15.3 Å². The van der Waals surface area contributed by atoms with E-state index in [1.165, 1.54) is 0 Å². The topological polar surface area (TPSA) is 68.0 Å². The van der Waals surface area contributed by atoms with Gasteiger partial charge in [0.05, 0.1) is 29.4 Å². The largest absolute Gasteiger partial charge is 0.441 e. The molecule has 0 fully saturated rings. The number of hydrogen-bond acceptors (Lipinski definition) is 6. The highest BCUT2D eigenvalue weighted by atomic mass is 32.1. The van der Waals surface area contributed by atoms with E-state index in [-0.39, 0.29) is 12.3 Å². The van der Waals surface area contributed by atoms with Gasteiger partial charge in [0.25, 0.3) is 0 Å². The van der Waals surface area contributed by atoms with Crippen molar-refractivity contribution in [2.75, 3.05) is 0 Å². The average Bonchev–Trinajstić information content (AvgIpc) is 3.19. The van der Waals surface area contributed by atoms with Gasteiger partial charge >= 0.3 is 0 Å². The summed E-state index contributed by atoms with van der Waals surface area (Å²) >= 11 is 3.16. The smallest absolute Gasteiger partial charge is 0.227 e.